The molecule has 0 spiro atoms. The molecule has 0 aromatic carbocycles. The fraction of sp³-hybridized carbons (Fsp3) is 0.857. The lowest BCUT2D eigenvalue weighted by atomic mass is 9.84. The van der Waals surface area contributed by atoms with E-state index in [1.165, 1.54) is 0 Å². The van der Waals surface area contributed by atoms with Crippen molar-refractivity contribution in [3.05, 3.63) is 0 Å². The highest BCUT2D eigenvalue weighted by atomic mass is 16.6. The van der Waals surface area contributed by atoms with Crippen LogP contribution in [0, 0.1) is 11.3 Å². The van der Waals surface area contributed by atoms with Crippen molar-refractivity contribution in [3.8, 4) is 0 Å². The summed E-state index contributed by atoms with van der Waals surface area (Å²) in [6.45, 7) is 9.10. The number of ether oxygens (including phenoxy) is 1. The summed E-state index contributed by atoms with van der Waals surface area (Å²) in [4.78, 5) is 23.3. The van der Waals surface area contributed by atoms with Crippen LogP contribution in [-0.4, -0.2) is 28.8 Å². The molecule has 0 aromatic heterocycles. The number of hydrogen-bond acceptors (Lipinski definition) is 3. The van der Waals surface area contributed by atoms with Crippen molar-refractivity contribution in [1.29, 1.82) is 0 Å². The van der Waals surface area contributed by atoms with Gasteiger partial charge in [0.05, 0.1) is 5.41 Å². The van der Waals surface area contributed by atoms with E-state index in [0.29, 0.717) is 18.8 Å². The summed E-state index contributed by atoms with van der Waals surface area (Å²) in [6.07, 6.45) is 1.68. The van der Waals surface area contributed by atoms with Gasteiger partial charge in [0.1, 0.15) is 5.60 Å². The van der Waals surface area contributed by atoms with Crippen molar-refractivity contribution >= 4 is 12.1 Å². The third-order valence-electron chi connectivity index (χ3n) is 3.81. The van der Waals surface area contributed by atoms with Crippen molar-refractivity contribution in [2.24, 2.45) is 11.3 Å². The Morgan fingerprint density at radius 2 is 2.00 bits per heavy atom. The third-order valence-corrected chi connectivity index (χ3v) is 3.81. The summed E-state index contributed by atoms with van der Waals surface area (Å²) >= 11 is 0. The monoisotopic (exact) mass is 271 g/mol. The van der Waals surface area contributed by atoms with Crippen molar-refractivity contribution in [2.75, 3.05) is 0 Å². The van der Waals surface area contributed by atoms with E-state index in [4.69, 9.17) is 4.74 Å². The normalized spacial score (nSPS) is 31.0. The molecule has 5 heteroatoms. The Morgan fingerprint density at radius 1 is 1.42 bits per heavy atom. The lowest BCUT2D eigenvalue weighted by molar-refractivity contribution is -0.148. The summed E-state index contributed by atoms with van der Waals surface area (Å²) in [6, 6.07) is -0.371. The largest absolute Gasteiger partial charge is 0.481 e. The van der Waals surface area contributed by atoms with Crippen molar-refractivity contribution in [2.45, 2.75) is 65.5 Å². The van der Waals surface area contributed by atoms with Crippen molar-refractivity contribution in [1.82, 2.24) is 5.32 Å². The zero-order valence-electron chi connectivity index (χ0n) is 12.4. The molecule has 0 radical (unpaired) electrons. The minimum Gasteiger partial charge on any atom is -0.481 e. The SMILES string of the molecule is CCC1CC(NC(=O)OC(C)(C)C)C(C)(C(=O)O)C1. The summed E-state index contributed by atoms with van der Waals surface area (Å²) in [7, 11) is 0. The van der Waals surface area contributed by atoms with Crippen LogP contribution in [0.5, 0.6) is 0 Å². The fourth-order valence-electron chi connectivity index (χ4n) is 2.63. The summed E-state index contributed by atoms with van der Waals surface area (Å²) in [5, 5.41) is 12.1. The van der Waals surface area contributed by atoms with Gasteiger partial charge in [-0.15, -0.1) is 0 Å². The van der Waals surface area contributed by atoms with Crippen LogP contribution in [0.3, 0.4) is 0 Å². The highest BCUT2D eigenvalue weighted by molar-refractivity contribution is 5.77. The van der Waals surface area contributed by atoms with Crippen LogP contribution in [0.2, 0.25) is 0 Å². The first-order chi connectivity index (χ1) is 8.58. The maximum atomic E-state index is 11.8. The highest BCUT2D eigenvalue weighted by Gasteiger charge is 2.49. The molecule has 19 heavy (non-hydrogen) atoms. The van der Waals surface area contributed by atoms with Crippen LogP contribution >= 0.6 is 0 Å². The van der Waals surface area contributed by atoms with Crippen LogP contribution in [0.25, 0.3) is 0 Å². The molecule has 1 saturated carbocycles. The van der Waals surface area contributed by atoms with E-state index in [1.807, 2.05) is 6.92 Å². The number of carboxylic acid groups (broad SMARTS) is 1. The number of nitrogens with one attached hydrogen (secondary N) is 1. The van der Waals surface area contributed by atoms with Crippen LogP contribution in [0.4, 0.5) is 4.79 Å². The molecule has 1 aliphatic rings. The molecule has 0 saturated heterocycles. The van der Waals surface area contributed by atoms with E-state index in [-0.39, 0.29) is 6.04 Å². The summed E-state index contributed by atoms with van der Waals surface area (Å²) < 4.78 is 5.20. The predicted octanol–water partition coefficient (Wildman–Crippen LogP) is 2.79. The fourth-order valence-corrected chi connectivity index (χ4v) is 2.63. The number of aliphatic carboxylic acids is 1. The molecule has 1 rings (SSSR count). The minimum atomic E-state index is -0.905. The van der Waals surface area contributed by atoms with Crippen LogP contribution in [0.15, 0.2) is 0 Å². The van der Waals surface area contributed by atoms with Gasteiger partial charge >= 0.3 is 12.1 Å². The van der Waals surface area contributed by atoms with Crippen molar-refractivity contribution in [3.63, 3.8) is 0 Å². The molecular weight excluding hydrogens is 246 g/mol. The highest BCUT2D eigenvalue weighted by Crippen LogP contribution is 2.43. The topological polar surface area (TPSA) is 75.6 Å². The Balaban J connectivity index is 2.75. The Bertz CT molecular complexity index is 361. The summed E-state index contributed by atoms with van der Waals surface area (Å²) in [5.74, 6) is -0.523. The van der Waals surface area contributed by atoms with Gasteiger partial charge in [-0.05, 0) is 46.5 Å². The average Bonchev–Trinajstić information content (AvgIpc) is 2.54. The van der Waals surface area contributed by atoms with E-state index in [2.05, 4.69) is 5.32 Å². The second kappa shape index (κ2) is 5.39. The molecule has 0 aromatic rings. The standard InChI is InChI=1S/C14H25NO4/c1-6-9-7-10(14(5,8-9)11(16)17)15-12(18)19-13(2,3)4/h9-10H,6-8H2,1-5H3,(H,15,18)(H,16,17). The molecule has 0 heterocycles. The maximum Gasteiger partial charge on any atom is 0.407 e. The van der Waals surface area contributed by atoms with E-state index >= 15 is 0 Å². The Morgan fingerprint density at radius 3 is 2.42 bits per heavy atom. The first-order valence-corrected chi connectivity index (χ1v) is 6.81. The van der Waals surface area contributed by atoms with Crippen LogP contribution in [0.1, 0.15) is 53.9 Å². The van der Waals surface area contributed by atoms with Gasteiger partial charge in [-0.1, -0.05) is 13.3 Å². The minimum absolute atomic E-state index is 0.334. The first kappa shape index (κ1) is 15.8. The van der Waals surface area contributed by atoms with Gasteiger partial charge in [0.2, 0.25) is 0 Å². The Kier molecular flexibility index (Phi) is 4.48. The molecule has 3 atom stereocenters. The average molecular weight is 271 g/mol. The molecule has 0 bridgehead atoms. The van der Waals surface area contributed by atoms with Crippen LogP contribution < -0.4 is 5.32 Å². The lowest BCUT2D eigenvalue weighted by Gasteiger charge is -2.29. The zero-order chi connectivity index (χ0) is 14.8. The number of alkyl carbamates (subject to hydrolysis) is 1. The second-order valence-electron chi connectivity index (χ2n) is 6.64. The van der Waals surface area contributed by atoms with Gasteiger partial charge in [0, 0.05) is 6.04 Å². The molecule has 1 fully saturated rings. The zero-order valence-corrected chi connectivity index (χ0v) is 12.4. The quantitative estimate of drug-likeness (QED) is 0.827. The van der Waals surface area contributed by atoms with Gasteiger partial charge in [-0.3, -0.25) is 4.79 Å². The van der Waals surface area contributed by atoms with E-state index in [1.54, 1.807) is 27.7 Å². The third kappa shape index (κ3) is 3.85. The Labute approximate surface area is 114 Å². The van der Waals surface area contributed by atoms with E-state index in [0.717, 1.165) is 6.42 Å². The maximum absolute atomic E-state index is 11.8. The van der Waals surface area contributed by atoms with Gasteiger partial charge in [-0.25, -0.2) is 4.79 Å². The molecule has 1 amide bonds. The second-order valence-corrected chi connectivity index (χ2v) is 6.64. The molecule has 0 aliphatic heterocycles. The molecular formula is C14H25NO4. The first-order valence-electron chi connectivity index (χ1n) is 6.81. The predicted molar refractivity (Wildman–Crippen MR) is 71.9 cm³/mol. The van der Waals surface area contributed by atoms with Gasteiger partial charge in [0.25, 0.3) is 0 Å². The molecule has 2 N–H and O–H groups in total. The van der Waals surface area contributed by atoms with E-state index < -0.39 is 23.1 Å². The van der Waals surface area contributed by atoms with Gasteiger partial charge < -0.3 is 15.2 Å². The molecule has 5 nitrogen and oxygen atoms in total. The number of hydrogen-bond donors (Lipinski definition) is 2. The number of carboxylic acids is 1. The summed E-state index contributed by atoms with van der Waals surface area (Å²) in [5.41, 5.74) is -1.48. The number of carbonyl (C=O) groups is 2. The van der Waals surface area contributed by atoms with Crippen molar-refractivity contribution < 1.29 is 19.4 Å². The molecule has 110 valence electrons. The van der Waals surface area contributed by atoms with E-state index in [9.17, 15) is 14.7 Å². The number of carbonyl (C=O) groups excluding carboxylic acids is 1. The lowest BCUT2D eigenvalue weighted by Crippen LogP contribution is -2.48. The van der Waals surface area contributed by atoms with Crippen LogP contribution in [-0.2, 0) is 9.53 Å². The number of rotatable bonds is 3. The van der Waals surface area contributed by atoms with Gasteiger partial charge in [-0.2, -0.15) is 0 Å². The molecule has 1 aliphatic carbocycles. The molecule has 3 unspecified atom stereocenters. The Hall–Kier alpha value is -1.26. The number of amides is 1. The smallest absolute Gasteiger partial charge is 0.407 e. The van der Waals surface area contributed by atoms with Gasteiger partial charge in [0.15, 0.2) is 0 Å².